The molecule has 20 heavy (non-hydrogen) atoms. The molecule has 0 aliphatic heterocycles. The summed E-state index contributed by atoms with van der Waals surface area (Å²) in [5.74, 6) is -1.01. The van der Waals surface area contributed by atoms with Gasteiger partial charge in [0.1, 0.15) is 5.54 Å². The number of urea groups is 1. The van der Waals surface area contributed by atoms with Gasteiger partial charge in [0.2, 0.25) is 0 Å². The first-order valence-electron chi connectivity index (χ1n) is 7.05. The number of thioether (sulfide) groups is 1. The van der Waals surface area contributed by atoms with Gasteiger partial charge >= 0.3 is 12.0 Å². The van der Waals surface area contributed by atoms with E-state index < -0.39 is 11.5 Å². The van der Waals surface area contributed by atoms with Gasteiger partial charge in [-0.25, -0.2) is 9.59 Å². The van der Waals surface area contributed by atoms with Crippen molar-refractivity contribution in [3.05, 3.63) is 0 Å². The van der Waals surface area contributed by atoms with E-state index in [-0.39, 0.29) is 10.8 Å². The second kappa shape index (κ2) is 6.70. The van der Waals surface area contributed by atoms with E-state index in [1.165, 1.54) is 45.1 Å². The normalized spacial score (nSPS) is 18.4. The third-order valence-electron chi connectivity index (χ3n) is 4.43. The van der Waals surface area contributed by atoms with Gasteiger partial charge in [0.25, 0.3) is 0 Å². The number of hydrogen-bond acceptors (Lipinski definition) is 3. The van der Waals surface area contributed by atoms with Crippen LogP contribution in [0.2, 0.25) is 0 Å². The van der Waals surface area contributed by atoms with Gasteiger partial charge in [-0.1, -0.05) is 19.3 Å². The molecule has 2 N–H and O–H groups in total. The lowest BCUT2D eigenvalue weighted by atomic mass is 9.88. The number of hydrogen-bond donors (Lipinski definition) is 2. The number of likely N-dealkylation sites (N-methyl/N-ethyl adjacent to an activating group) is 1. The molecule has 1 aliphatic rings. The number of carboxylic acids is 1. The molecule has 5 nitrogen and oxygen atoms in total. The Bertz CT molecular complexity index is 365. The minimum Gasteiger partial charge on any atom is -0.480 e. The van der Waals surface area contributed by atoms with Crippen LogP contribution in [0.1, 0.15) is 46.0 Å². The number of nitrogens with one attached hydrogen (secondary N) is 1. The fourth-order valence-electron chi connectivity index (χ4n) is 2.40. The van der Waals surface area contributed by atoms with Crippen LogP contribution < -0.4 is 5.32 Å². The summed E-state index contributed by atoms with van der Waals surface area (Å²) in [6.45, 7) is 3.66. The number of aliphatic carboxylic acids is 1. The van der Waals surface area contributed by atoms with Crippen LogP contribution in [0.3, 0.4) is 0 Å². The van der Waals surface area contributed by atoms with Crippen LogP contribution >= 0.6 is 11.8 Å². The summed E-state index contributed by atoms with van der Waals surface area (Å²) in [5, 5.41) is 12.1. The van der Waals surface area contributed by atoms with Crippen LogP contribution in [0.15, 0.2) is 0 Å². The Kier molecular flexibility index (Phi) is 5.74. The third-order valence-corrected chi connectivity index (χ3v) is 5.84. The lowest BCUT2D eigenvalue weighted by Crippen LogP contribution is -2.55. The van der Waals surface area contributed by atoms with Gasteiger partial charge in [-0.2, -0.15) is 11.8 Å². The van der Waals surface area contributed by atoms with Gasteiger partial charge in [-0.05, 0) is 32.9 Å². The van der Waals surface area contributed by atoms with Crippen molar-refractivity contribution < 1.29 is 14.7 Å². The minimum atomic E-state index is -1.21. The molecular weight excluding hydrogens is 276 g/mol. The first-order chi connectivity index (χ1) is 9.25. The van der Waals surface area contributed by atoms with E-state index in [9.17, 15) is 9.59 Å². The van der Waals surface area contributed by atoms with Crippen molar-refractivity contribution >= 4 is 23.8 Å². The number of amides is 2. The second-order valence-electron chi connectivity index (χ2n) is 6.03. The first-order valence-corrected chi connectivity index (χ1v) is 8.28. The molecule has 6 heteroatoms. The number of carbonyl (C=O) groups is 2. The van der Waals surface area contributed by atoms with Crippen LogP contribution in [0.25, 0.3) is 0 Å². The number of carbonyl (C=O) groups excluding carboxylic acids is 1. The van der Waals surface area contributed by atoms with Crippen molar-refractivity contribution in [2.24, 2.45) is 0 Å². The summed E-state index contributed by atoms with van der Waals surface area (Å²) >= 11 is 1.81. The van der Waals surface area contributed by atoms with Crippen molar-refractivity contribution in [1.29, 1.82) is 0 Å². The zero-order chi connectivity index (χ0) is 15.4. The van der Waals surface area contributed by atoms with Crippen molar-refractivity contribution in [1.82, 2.24) is 10.2 Å². The van der Waals surface area contributed by atoms with Crippen LogP contribution in [0, 0.1) is 0 Å². The van der Waals surface area contributed by atoms with E-state index >= 15 is 0 Å². The minimum absolute atomic E-state index is 0.113. The summed E-state index contributed by atoms with van der Waals surface area (Å²) in [7, 11) is 1.52. The Morgan fingerprint density at radius 1 is 1.30 bits per heavy atom. The topological polar surface area (TPSA) is 69.6 Å². The van der Waals surface area contributed by atoms with E-state index in [0.717, 1.165) is 12.8 Å². The Labute approximate surface area is 125 Å². The highest BCUT2D eigenvalue weighted by molar-refractivity contribution is 8.00. The standard InChI is InChI=1S/C14H26N2O3S/c1-13(2,11(17)18)16(3)12(19)15-10-14(20-4)8-6-5-7-9-14/h5-10H2,1-4H3,(H,15,19)(H,17,18). The molecule has 0 saturated heterocycles. The molecule has 0 unspecified atom stereocenters. The molecule has 1 fully saturated rings. The molecule has 0 bridgehead atoms. The average Bonchev–Trinajstić information content (AvgIpc) is 2.44. The smallest absolute Gasteiger partial charge is 0.329 e. The highest BCUT2D eigenvalue weighted by Crippen LogP contribution is 2.38. The zero-order valence-corrected chi connectivity index (χ0v) is 13.7. The Morgan fingerprint density at radius 2 is 1.85 bits per heavy atom. The molecule has 0 heterocycles. The predicted octanol–water partition coefficient (Wildman–Crippen LogP) is 2.56. The Morgan fingerprint density at radius 3 is 2.30 bits per heavy atom. The summed E-state index contributed by atoms with van der Waals surface area (Å²) in [6.07, 6.45) is 7.98. The van der Waals surface area contributed by atoms with Crippen LogP contribution in [0.5, 0.6) is 0 Å². The largest absolute Gasteiger partial charge is 0.480 e. The molecule has 1 aliphatic carbocycles. The lowest BCUT2D eigenvalue weighted by molar-refractivity contribution is -0.146. The molecule has 0 spiro atoms. The molecule has 0 atom stereocenters. The van der Waals surface area contributed by atoms with Gasteiger partial charge in [0, 0.05) is 18.3 Å². The van der Waals surface area contributed by atoms with E-state index in [4.69, 9.17) is 5.11 Å². The molecule has 116 valence electrons. The molecule has 0 aromatic heterocycles. The van der Waals surface area contributed by atoms with Crippen LogP contribution in [-0.2, 0) is 4.79 Å². The summed E-state index contributed by atoms with van der Waals surface area (Å²) in [5.41, 5.74) is -1.21. The number of nitrogens with zero attached hydrogens (tertiary/aromatic N) is 1. The van der Waals surface area contributed by atoms with Crippen molar-refractivity contribution in [2.45, 2.75) is 56.2 Å². The molecule has 0 aromatic rings. The zero-order valence-electron chi connectivity index (χ0n) is 12.9. The van der Waals surface area contributed by atoms with E-state index in [1.54, 1.807) is 0 Å². The van der Waals surface area contributed by atoms with Crippen LogP contribution in [-0.4, -0.2) is 52.1 Å². The summed E-state index contributed by atoms with van der Waals surface area (Å²) < 4.78 is 0.113. The maximum Gasteiger partial charge on any atom is 0.329 e. The van der Waals surface area contributed by atoms with E-state index in [0.29, 0.717) is 6.54 Å². The third kappa shape index (κ3) is 3.81. The average molecular weight is 302 g/mol. The Balaban J connectivity index is 2.60. The molecule has 1 rings (SSSR count). The van der Waals surface area contributed by atoms with Gasteiger partial charge in [0.15, 0.2) is 0 Å². The quantitative estimate of drug-likeness (QED) is 0.819. The lowest BCUT2D eigenvalue weighted by Gasteiger charge is -2.37. The molecular formula is C14H26N2O3S. The van der Waals surface area contributed by atoms with E-state index in [2.05, 4.69) is 11.6 Å². The fraction of sp³-hybridized carbons (Fsp3) is 0.857. The number of rotatable bonds is 5. The fourth-order valence-corrected chi connectivity index (χ4v) is 3.32. The SMILES string of the molecule is CSC1(CNC(=O)N(C)C(C)(C)C(=O)O)CCCCC1. The molecule has 0 aromatic carbocycles. The van der Waals surface area contributed by atoms with E-state index in [1.807, 2.05) is 11.8 Å². The number of carboxylic acid groups (broad SMARTS) is 1. The van der Waals surface area contributed by atoms with Crippen LogP contribution in [0.4, 0.5) is 4.79 Å². The molecule has 2 amide bonds. The van der Waals surface area contributed by atoms with Crippen molar-refractivity contribution in [2.75, 3.05) is 19.8 Å². The summed E-state index contributed by atoms with van der Waals surface area (Å²) in [6, 6.07) is -0.323. The monoisotopic (exact) mass is 302 g/mol. The second-order valence-corrected chi connectivity index (χ2v) is 7.30. The van der Waals surface area contributed by atoms with Gasteiger partial charge in [-0.3, -0.25) is 0 Å². The summed E-state index contributed by atoms with van der Waals surface area (Å²) in [4.78, 5) is 24.6. The maximum atomic E-state index is 12.1. The molecule has 0 radical (unpaired) electrons. The van der Waals surface area contributed by atoms with Crippen molar-refractivity contribution in [3.8, 4) is 0 Å². The van der Waals surface area contributed by atoms with Crippen molar-refractivity contribution in [3.63, 3.8) is 0 Å². The highest BCUT2D eigenvalue weighted by Gasteiger charge is 2.37. The predicted molar refractivity (Wildman–Crippen MR) is 82.2 cm³/mol. The molecule has 1 saturated carbocycles. The van der Waals surface area contributed by atoms with Gasteiger partial charge in [0.05, 0.1) is 0 Å². The highest BCUT2D eigenvalue weighted by atomic mass is 32.2. The first kappa shape index (κ1) is 17.1. The maximum absolute atomic E-state index is 12.1. The van der Waals surface area contributed by atoms with Gasteiger partial charge < -0.3 is 15.3 Å². The Hall–Kier alpha value is -0.910. The van der Waals surface area contributed by atoms with Gasteiger partial charge in [-0.15, -0.1) is 0 Å².